The van der Waals surface area contributed by atoms with Crippen LogP contribution in [0.2, 0.25) is 0 Å². The normalized spacial score (nSPS) is 10.7. The summed E-state index contributed by atoms with van der Waals surface area (Å²) in [6.07, 6.45) is 1.08. The Labute approximate surface area is 84.7 Å². The average Bonchev–Trinajstić information content (AvgIpc) is 2.08. The second kappa shape index (κ2) is 5.18. The first-order chi connectivity index (χ1) is 6.20. The molecule has 0 aromatic heterocycles. The van der Waals surface area contributed by atoms with Crippen LogP contribution in [0.3, 0.4) is 0 Å². The van der Waals surface area contributed by atoms with Crippen LogP contribution in [-0.2, 0) is 6.42 Å². The molecular weight excluding hydrogens is 178 g/mol. The van der Waals surface area contributed by atoms with Gasteiger partial charge in [-0.15, -0.1) is 0 Å². The largest absolute Gasteiger partial charge is 0.399 e. The molecule has 0 fully saturated rings. The van der Waals surface area contributed by atoms with Gasteiger partial charge < -0.3 is 5.73 Å². The number of rotatable bonds is 4. The van der Waals surface area contributed by atoms with Gasteiger partial charge in [-0.25, -0.2) is 0 Å². The highest BCUT2D eigenvalue weighted by Crippen LogP contribution is 2.16. The number of hydrogen-bond donors (Lipinski definition) is 1. The third-order valence-electron chi connectivity index (χ3n) is 1.88. The molecule has 0 amide bonds. The van der Waals surface area contributed by atoms with Crippen LogP contribution in [0.5, 0.6) is 0 Å². The number of benzene rings is 1. The minimum absolute atomic E-state index is 0.713. The van der Waals surface area contributed by atoms with Crippen molar-refractivity contribution in [2.75, 3.05) is 11.5 Å². The molecule has 72 valence electrons. The highest BCUT2D eigenvalue weighted by Gasteiger charge is 1.98. The monoisotopic (exact) mass is 195 g/mol. The van der Waals surface area contributed by atoms with Crippen LogP contribution < -0.4 is 5.73 Å². The van der Waals surface area contributed by atoms with Crippen molar-refractivity contribution in [3.05, 3.63) is 29.8 Å². The first-order valence-electron chi connectivity index (χ1n) is 4.65. The Balaban J connectivity index is 2.41. The van der Waals surface area contributed by atoms with Gasteiger partial charge in [0.2, 0.25) is 0 Å². The molecule has 0 heterocycles. The van der Waals surface area contributed by atoms with Crippen molar-refractivity contribution < 1.29 is 0 Å². The molecule has 0 aliphatic heterocycles. The maximum atomic E-state index is 5.83. The molecule has 13 heavy (non-hydrogen) atoms. The third-order valence-corrected chi connectivity index (χ3v) is 2.98. The standard InChI is InChI=1S/C11H17NS/c1-9(2)13-8-7-10-5-3-4-6-11(10)12/h3-6,9H,7-8,12H2,1-2H3. The molecule has 0 saturated carbocycles. The number of aryl methyl sites for hydroxylation is 1. The quantitative estimate of drug-likeness (QED) is 0.747. The van der Waals surface area contributed by atoms with Gasteiger partial charge in [-0.2, -0.15) is 11.8 Å². The summed E-state index contributed by atoms with van der Waals surface area (Å²) >= 11 is 1.98. The lowest BCUT2D eigenvalue weighted by molar-refractivity contribution is 1.09. The first-order valence-corrected chi connectivity index (χ1v) is 5.70. The van der Waals surface area contributed by atoms with Crippen LogP contribution in [-0.4, -0.2) is 11.0 Å². The number of anilines is 1. The van der Waals surface area contributed by atoms with Gasteiger partial charge in [0.25, 0.3) is 0 Å². The van der Waals surface area contributed by atoms with Gasteiger partial charge >= 0.3 is 0 Å². The molecular formula is C11H17NS. The van der Waals surface area contributed by atoms with Crippen LogP contribution in [0, 0.1) is 0 Å². The summed E-state index contributed by atoms with van der Waals surface area (Å²) in [6, 6.07) is 8.10. The lowest BCUT2D eigenvalue weighted by atomic mass is 10.1. The van der Waals surface area contributed by atoms with E-state index < -0.39 is 0 Å². The summed E-state index contributed by atoms with van der Waals surface area (Å²) in [4.78, 5) is 0. The minimum atomic E-state index is 0.713. The molecule has 0 aliphatic carbocycles. The smallest absolute Gasteiger partial charge is 0.0346 e. The van der Waals surface area contributed by atoms with E-state index in [9.17, 15) is 0 Å². The van der Waals surface area contributed by atoms with E-state index >= 15 is 0 Å². The van der Waals surface area contributed by atoms with E-state index in [-0.39, 0.29) is 0 Å². The fourth-order valence-electron chi connectivity index (χ4n) is 1.17. The lowest BCUT2D eigenvalue weighted by Gasteiger charge is -2.06. The summed E-state index contributed by atoms with van der Waals surface area (Å²) in [5, 5.41) is 0.713. The van der Waals surface area contributed by atoms with E-state index in [1.165, 1.54) is 5.56 Å². The van der Waals surface area contributed by atoms with Gasteiger partial charge in [-0.3, -0.25) is 0 Å². The summed E-state index contributed by atoms with van der Waals surface area (Å²) in [7, 11) is 0. The molecule has 0 saturated heterocycles. The topological polar surface area (TPSA) is 26.0 Å². The van der Waals surface area contributed by atoms with Crippen LogP contribution in [0.25, 0.3) is 0 Å². The molecule has 2 N–H and O–H groups in total. The van der Waals surface area contributed by atoms with E-state index in [4.69, 9.17) is 5.73 Å². The minimum Gasteiger partial charge on any atom is -0.399 e. The van der Waals surface area contributed by atoms with Crippen molar-refractivity contribution >= 4 is 17.4 Å². The van der Waals surface area contributed by atoms with E-state index in [0.717, 1.165) is 17.9 Å². The van der Waals surface area contributed by atoms with Crippen molar-refractivity contribution in [2.45, 2.75) is 25.5 Å². The molecule has 0 unspecified atom stereocenters. The van der Waals surface area contributed by atoms with Crippen molar-refractivity contribution in [3.8, 4) is 0 Å². The number of nitrogen functional groups attached to an aromatic ring is 1. The lowest BCUT2D eigenvalue weighted by Crippen LogP contribution is -1.97. The number of hydrogen-bond acceptors (Lipinski definition) is 2. The summed E-state index contributed by atoms with van der Waals surface area (Å²) in [6.45, 7) is 4.44. The second-order valence-corrected chi connectivity index (χ2v) is 5.05. The zero-order valence-electron chi connectivity index (χ0n) is 8.29. The van der Waals surface area contributed by atoms with Crippen molar-refractivity contribution in [1.82, 2.24) is 0 Å². The molecule has 1 nitrogen and oxygen atoms in total. The fraction of sp³-hybridized carbons (Fsp3) is 0.455. The Bertz CT molecular complexity index is 258. The number of thioether (sulfide) groups is 1. The maximum absolute atomic E-state index is 5.83. The summed E-state index contributed by atoms with van der Waals surface area (Å²) < 4.78 is 0. The predicted molar refractivity (Wildman–Crippen MR) is 62.2 cm³/mol. The molecule has 1 rings (SSSR count). The third kappa shape index (κ3) is 3.73. The van der Waals surface area contributed by atoms with Crippen molar-refractivity contribution in [2.24, 2.45) is 0 Å². The van der Waals surface area contributed by atoms with E-state index in [2.05, 4.69) is 19.9 Å². The Morgan fingerprint density at radius 2 is 2.00 bits per heavy atom. The van der Waals surface area contributed by atoms with Gasteiger partial charge in [0.1, 0.15) is 0 Å². The van der Waals surface area contributed by atoms with Crippen LogP contribution in [0.1, 0.15) is 19.4 Å². The van der Waals surface area contributed by atoms with Crippen molar-refractivity contribution in [1.29, 1.82) is 0 Å². The van der Waals surface area contributed by atoms with Crippen LogP contribution in [0.4, 0.5) is 5.69 Å². The predicted octanol–water partition coefficient (Wildman–Crippen LogP) is 2.95. The summed E-state index contributed by atoms with van der Waals surface area (Å²) in [5.74, 6) is 1.16. The van der Waals surface area contributed by atoms with Crippen molar-refractivity contribution in [3.63, 3.8) is 0 Å². The van der Waals surface area contributed by atoms with E-state index in [1.807, 2.05) is 30.0 Å². The Kier molecular flexibility index (Phi) is 4.16. The van der Waals surface area contributed by atoms with Gasteiger partial charge in [-0.1, -0.05) is 32.0 Å². The van der Waals surface area contributed by atoms with Gasteiger partial charge in [-0.05, 0) is 29.1 Å². The Hall–Kier alpha value is -0.630. The van der Waals surface area contributed by atoms with Gasteiger partial charge in [0.15, 0.2) is 0 Å². The Morgan fingerprint density at radius 3 is 2.62 bits per heavy atom. The molecule has 0 spiro atoms. The molecule has 0 bridgehead atoms. The fourth-order valence-corrected chi connectivity index (χ4v) is 1.98. The second-order valence-electron chi connectivity index (χ2n) is 3.37. The summed E-state index contributed by atoms with van der Waals surface area (Å²) in [5.41, 5.74) is 8.02. The van der Waals surface area contributed by atoms with E-state index in [0.29, 0.717) is 5.25 Å². The van der Waals surface area contributed by atoms with Gasteiger partial charge in [0, 0.05) is 5.69 Å². The molecule has 0 aliphatic rings. The average molecular weight is 195 g/mol. The Morgan fingerprint density at radius 1 is 1.31 bits per heavy atom. The highest BCUT2D eigenvalue weighted by molar-refractivity contribution is 7.99. The zero-order valence-corrected chi connectivity index (χ0v) is 9.10. The number of para-hydroxylation sites is 1. The first kappa shape index (κ1) is 10.5. The molecule has 1 aromatic carbocycles. The molecule has 1 aromatic rings. The number of nitrogens with two attached hydrogens (primary N) is 1. The van der Waals surface area contributed by atoms with E-state index in [1.54, 1.807) is 0 Å². The molecule has 2 heteroatoms. The maximum Gasteiger partial charge on any atom is 0.0346 e. The van der Waals surface area contributed by atoms with Crippen LogP contribution in [0.15, 0.2) is 24.3 Å². The highest BCUT2D eigenvalue weighted by atomic mass is 32.2. The van der Waals surface area contributed by atoms with Crippen LogP contribution >= 0.6 is 11.8 Å². The SMILES string of the molecule is CC(C)SCCc1ccccc1N. The zero-order chi connectivity index (χ0) is 9.68. The molecule has 0 radical (unpaired) electrons. The molecule has 0 atom stereocenters. The van der Waals surface area contributed by atoms with Gasteiger partial charge in [0.05, 0.1) is 0 Å².